The Morgan fingerprint density at radius 2 is 2.00 bits per heavy atom. The zero-order chi connectivity index (χ0) is 15.1. The molecule has 1 fully saturated rings. The zero-order valence-corrected chi connectivity index (χ0v) is 13.4. The van der Waals surface area contributed by atoms with Crippen LogP contribution in [0, 0.1) is 6.92 Å². The van der Waals surface area contributed by atoms with Gasteiger partial charge < -0.3 is 9.64 Å². The average Bonchev–Trinajstić information content (AvgIpc) is 2.52. The van der Waals surface area contributed by atoms with Crippen LogP contribution in [0.1, 0.15) is 54.9 Å². The Morgan fingerprint density at radius 1 is 1.24 bits per heavy atom. The van der Waals surface area contributed by atoms with Crippen molar-refractivity contribution in [2.75, 3.05) is 26.2 Å². The zero-order valence-electron chi connectivity index (χ0n) is 13.4. The molecule has 1 aromatic rings. The van der Waals surface area contributed by atoms with Crippen molar-refractivity contribution >= 4 is 5.78 Å². The molecule has 21 heavy (non-hydrogen) atoms. The lowest BCUT2D eigenvalue weighted by atomic mass is 10.0. The summed E-state index contributed by atoms with van der Waals surface area (Å²) in [6.07, 6.45) is 5.41. The second-order valence-corrected chi connectivity index (χ2v) is 5.92. The van der Waals surface area contributed by atoms with Crippen LogP contribution in [0.25, 0.3) is 0 Å². The van der Waals surface area contributed by atoms with Crippen LogP contribution >= 0.6 is 0 Å². The minimum atomic E-state index is 0.204. The van der Waals surface area contributed by atoms with Crippen molar-refractivity contribution in [2.45, 2.75) is 46.0 Å². The van der Waals surface area contributed by atoms with Crippen LogP contribution in [0.15, 0.2) is 18.2 Å². The molecule has 116 valence electrons. The predicted octanol–water partition coefficient (Wildman–Crippen LogP) is 3.84. The number of Topliss-reactive ketones (excluding diaryl/α,β-unsaturated/α-hetero) is 1. The van der Waals surface area contributed by atoms with Gasteiger partial charge in [0.2, 0.25) is 0 Å². The fourth-order valence-electron chi connectivity index (χ4n) is 2.78. The third-order valence-electron chi connectivity index (χ3n) is 4.00. The standard InChI is InChI=1S/C18H27NO2/c1-3-13-21-18-8-7-15(2)14-16(18)17(20)9-12-19-10-5-4-6-11-19/h7-8,14H,3-6,9-13H2,1-2H3. The molecule has 0 aromatic heterocycles. The molecule has 3 heteroatoms. The molecule has 1 saturated heterocycles. The normalized spacial score (nSPS) is 15.9. The Kier molecular flexibility index (Phi) is 6.24. The topological polar surface area (TPSA) is 29.5 Å². The predicted molar refractivity (Wildman–Crippen MR) is 86.2 cm³/mol. The molecule has 0 atom stereocenters. The van der Waals surface area contributed by atoms with Crippen LogP contribution in [0.5, 0.6) is 5.75 Å². The van der Waals surface area contributed by atoms with E-state index in [0.717, 1.165) is 42.9 Å². The molecule has 0 amide bonds. The lowest BCUT2D eigenvalue weighted by Gasteiger charge is -2.26. The summed E-state index contributed by atoms with van der Waals surface area (Å²) >= 11 is 0. The summed E-state index contributed by atoms with van der Waals surface area (Å²) in [4.78, 5) is 14.9. The molecule has 1 aliphatic heterocycles. The van der Waals surface area contributed by atoms with Gasteiger partial charge >= 0.3 is 0 Å². The van der Waals surface area contributed by atoms with Crippen LogP contribution in [0.3, 0.4) is 0 Å². The van der Waals surface area contributed by atoms with Crippen LogP contribution < -0.4 is 4.74 Å². The number of ketones is 1. The van der Waals surface area contributed by atoms with Crippen molar-refractivity contribution in [3.63, 3.8) is 0 Å². The second-order valence-electron chi connectivity index (χ2n) is 5.92. The first-order chi connectivity index (χ1) is 10.2. The summed E-state index contributed by atoms with van der Waals surface area (Å²) in [5.74, 6) is 0.946. The summed E-state index contributed by atoms with van der Waals surface area (Å²) in [5, 5.41) is 0. The van der Waals surface area contributed by atoms with Gasteiger partial charge in [0.1, 0.15) is 5.75 Å². The van der Waals surface area contributed by atoms with Crippen LogP contribution in [0.2, 0.25) is 0 Å². The van der Waals surface area contributed by atoms with Gasteiger partial charge in [-0.05, 0) is 51.4 Å². The van der Waals surface area contributed by atoms with Gasteiger partial charge in [-0.3, -0.25) is 4.79 Å². The van der Waals surface area contributed by atoms with E-state index in [1.807, 2.05) is 25.1 Å². The van der Waals surface area contributed by atoms with E-state index in [1.54, 1.807) is 0 Å². The number of piperidine rings is 1. The number of nitrogens with zero attached hydrogens (tertiary/aromatic N) is 1. The number of carbonyl (C=O) groups is 1. The van der Waals surface area contributed by atoms with E-state index in [4.69, 9.17) is 4.74 Å². The highest BCUT2D eigenvalue weighted by molar-refractivity contribution is 5.99. The summed E-state index contributed by atoms with van der Waals surface area (Å²) in [7, 11) is 0. The summed E-state index contributed by atoms with van der Waals surface area (Å²) in [6, 6.07) is 5.90. The number of carbonyl (C=O) groups excluding carboxylic acids is 1. The summed E-state index contributed by atoms with van der Waals surface area (Å²) in [6.45, 7) is 7.91. The summed E-state index contributed by atoms with van der Waals surface area (Å²) < 4.78 is 5.72. The van der Waals surface area contributed by atoms with E-state index >= 15 is 0 Å². The van der Waals surface area contributed by atoms with Gasteiger partial charge in [0.15, 0.2) is 5.78 Å². The highest BCUT2D eigenvalue weighted by atomic mass is 16.5. The van der Waals surface area contributed by atoms with E-state index < -0.39 is 0 Å². The van der Waals surface area contributed by atoms with Gasteiger partial charge in [-0.2, -0.15) is 0 Å². The molecule has 0 aliphatic carbocycles. The maximum Gasteiger partial charge on any atom is 0.167 e. The van der Waals surface area contributed by atoms with Crippen molar-refractivity contribution in [1.29, 1.82) is 0 Å². The first kappa shape index (κ1) is 16.0. The highest BCUT2D eigenvalue weighted by Gasteiger charge is 2.16. The molecule has 2 rings (SSSR count). The number of hydrogen-bond acceptors (Lipinski definition) is 3. The van der Waals surface area contributed by atoms with E-state index in [0.29, 0.717) is 13.0 Å². The maximum absolute atomic E-state index is 12.5. The van der Waals surface area contributed by atoms with Gasteiger partial charge in [0, 0.05) is 13.0 Å². The molecule has 0 N–H and O–H groups in total. The maximum atomic E-state index is 12.5. The average molecular weight is 289 g/mol. The van der Waals surface area contributed by atoms with Crippen LogP contribution in [-0.2, 0) is 0 Å². The van der Waals surface area contributed by atoms with Crippen molar-refractivity contribution in [3.8, 4) is 5.75 Å². The fourth-order valence-corrected chi connectivity index (χ4v) is 2.78. The van der Waals surface area contributed by atoms with Crippen molar-refractivity contribution < 1.29 is 9.53 Å². The molecule has 0 radical (unpaired) electrons. The third-order valence-corrected chi connectivity index (χ3v) is 4.00. The molecule has 1 aliphatic rings. The molecule has 1 heterocycles. The number of ether oxygens (including phenoxy) is 1. The smallest absolute Gasteiger partial charge is 0.167 e. The lowest BCUT2D eigenvalue weighted by molar-refractivity contribution is 0.0954. The number of benzene rings is 1. The van der Waals surface area contributed by atoms with E-state index in [-0.39, 0.29) is 5.78 Å². The van der Waals surface area contributed by atoms with Crippen molar-refractivity contribution in [3.05, 3.63) is 29.3 Å². The third kappa shape index (κ3) is 4.85. The monoisotopic (exact) mass is 289 g/mol. The second kappa shape index (κ2) is 8.18. The Morgan fingerprint density at radius 3 is 2.71 bits per heavy atom. The minimum absolute atomic E-state index is 0.204. The Bertz CT molecular complexity index is 464. The Labute approximate surface area is 128 Å². The molecule has 0 spiro atoms. The SMILES string of the molecule is CCCOc1ccc(C)cc1C(=O)CCN1CCCCC1. The van der Waals surface area contributed by atoms with E-state index in [1.165, 1.54) is 19.3 Å². The summed E-state index contributed by atoms with van der Waals surface area (Å²) in [5.41, 5.74) is 1.86. The molecule has 1 aromatic carbocycles. The van der Waals surface area contributed by atoms with Gasteiger partial charge in [0.25, 0.3) is 0 Å². The Hall–Kier alpha value is -1.35. The molecule has 0 unspecified atom stereocenters. The van der Waals surface area contributed by atoms with Crippen molar-refractivity contribution in [1.82, 2.24) is 4.90 Å². The number of hydrogen-bond donors (Lipinski definition) is 0. The molecule has 0 bridgehead atoms. The number of aryl methyl sites for hydroxylation is 1. The fraction of sp³-hybridized carbons (Fsp3) is 0.611. The van der Waals surface area contributed by atoms with Crippen LogP contribution in [-0.4, -0.2) is 36.9 Å². The van der Waals surface area contributed by atoms with E-state index in [9.17, 15) is 4.79 Å². The first-order valence-corrected chi connectivity index (χ1v) is 8.19. The number of likely N-dealkylation sites (tertiary alicyclic amines) is 1. The Balaban J connectivity index is 1.97. The van der Waals surface area contributed by atoms with Gasteiger partial charge in [0.05, 0.1) is 12.2 Å². The van der Waals surface area contributed by atoms with Gasteiger partial charge in [-0.25, -0.2) is 0 Å². The molecular formula is C18H27NO2. The van der Waals surface area contributed by atoms with E-state index in [2.05, 4.69) is 11.8 Å². The lowest BCUT2D eigenvalue weighted by Crippen LogP contribution is -2.31. The van der Waals surface area contributed by atoms with Gasteiger partial charge in [-0.1, -0.05) is 25.0 Å². The molecule has 0 saturated carbocycles. The van der Waals surface area contributed by atoms with Crippen molar-refractivity contribution in [2.24, 2.45) is 0 Å². The highest BCUT2D eigenvalue weighted by Crippen LogP contribution is 2.22. The van der Waals surface area contributed by atoms with Gasteiger partial charge in [-0.15, -0.1) is 0 Å². The number of rotatable bonds is 7. The van der Waals surface area contributed by atoms with Crippen LogP contribution in [0.4, 0.5) is 0 Å². The molecule has 3 nitrogen and oxygen atoms in total. The minimum Gasteiger partial charge on any atom is -0.493 e. The largest absolute Gasteiger partial charge is 0.493 e. The molecular weight excluding hydrogens is 262 g/mol. The quantitative estimate of drug-likeness (QED) is 0.714. The first-order valence-electron chi connectivity index (χ1n) is 8.19.